The number of hydrogen-bond acceptors (Lipinski definition) is 4. The first kappa shape index (κ1) is 18.6. The van der Waals surface area contributed by atoms with E-state index in [4.69, 9.17) is 26.8 Å². The lowest BCUT2D eigenvalue weighted by Crippen LogP contribution is -2.26. The Morgan fingerprint density at radius 3 is 2.64 bits per heavy atom. The van der Waals surface area contributed by atoms with E-state index < -0.39 is 5.91 Å². The van der Waals surface area contributed by atoms with Crippen molar-refractivity contribution in [2.45, 2.75) is 6.54 Å². The summed E-state index contributed by atoms with van der Waals surface area (Å²) < 4.78 is 10.5. The van der Waals surface area contributed by atoms with Gasteiger partial charge in [0.2, 0.25) is 0 Å². The summed E-state index contributed by atoms with van der Waals surface area (Å²) in [6, 6.07) is 11.8. The van der Waals surface area contributed by atoms with Gasteiger partial charge in [-0.05, 0) is 36.4 Å². The lowest BCUT2D eigenvalue weighted by atomic mass is 10.1. The third-order valence-corrected chi connectivity index (χ3v) is 3.69. The van der Waals surface area contributed by atoms with Gasteiger partial charge in [-0.1, -0.05) is 17.7 Å². The molecular formula is C18H19ClN2O4. The first-order valence-corrected chi connectivity index (χ1v) is 7.87. The summed E-state index contributed by atoms with van der Waals surface area (Å²) in [6.07, 6.45) is 0. The van der Waals surface area contributed by atoms with Crippen LogP contribution in [0.2, 0.25) is 5.02 Å². The van der Waals surface area contributed by atoms with Gasteiger partial charge in [0.1, 0.15) is 11.5 Å². The molecule has 0 atom stereocenters. The minimum Gasteiger partial charge on any atom is -0.496 e. The Labute approximate surface area is 151 Å². The number of nitrogens with zero attached hydrogens (tertiary/aromatic N) is 1. The first-order valence-electron chi connectivity index (χ1n) is 7.49. The number of rotatable bonds is 7. The Hall–Kier alpha value is -2.73. The van der Waals surface area contributed by atoms with E-state index in [2.05, 4.69) is 0 Å². The molecule has 132 valence electrons. The van der Waals surface area contributed by atoms with Crippen molar-refractivity contribution >= 4 is 23.4 Å². The van der Waals surface area contributed by atoms with Crippen LogP contribution in [0.5, 0.6) is 11.5 Å². The highest BCUT2D eigenvalue weighted by Gasteiger charge is 2.15. The summed E-state index contributed by atoms with van der Waals surface area (Å²) in [6.45, 7) is 0.0855. The molecule has 0 aliphatic rings. The van der Waals surface area contributed by atoms with Gasteiger partial charge in [0.15, 0.2) is 6.61 Å². The molecule has 2 aromatic rings. The van der Waals surface area contributed by atoms with E-state index in [1.54, 1.807) is 61.5 Å². The minimum atomic E-state index is -0.582. The van der Waals surface area contributed by atoms with Gasteiger partial charge in [-0.15, -0.1) is 0 Å². The maximum Gasteiger partial charge on any atom is 0.255 e. The highest BCUT2D eigenvalue weighted by atomic mass is 35.5. The van der Waals surface area contributed by atoms with Crippen LogP contribution in [0, 0.1) is 0 Å². The topological polar surface area (TPSA) is 81.9 Å². The molecule has 0 bridgehead atoms. The predicted molar refractivity (Wildman–Crippen MR) is 94.9 cm³/mol. The Balaban J connectivity index is 2.13. The van der Waals surface area contributed by atoms with Crippen molar-refractivity contribution in [3.63, 3.8) is 0 Å². The van der Waals surface area contributed by atoms with E-state index in [9.17, 15) is 9.59 Å². The summed E-state index contributed by atoms with van der Waals surface area (Å²) in [7, 11) is 3.24. The highest BCUT2D eigenvalue weighted by Crippen LogP contribution is 2.24. The maximum absolute atomic E-state index is 12.6. The molecule has 0 aliphatic carbocycles. The Morgan fingerprint density at radius 1 is 1.20 bits per heavy atom. The molecule has 0 spiro atoms. The van der Waals surface area contributed by atoms with Gasteiger partial charge < -0.3 is 20.1 Å². The fourth-order valence-electron chi connectivity index (χ4n) is 2.29. The van der Waals surface area contributed by atoms with Crippen molar-refractivity contribution in [2.24, 2.45) is 5.73 Å². The molecule has 0 fully saturated rings. The van der Waals surface area contributed by atoms with Crippen molar-refractivity contribution in [2.75, 3.05) is 20.8 Å². The Bertz CT molecular complexity index is 779. The molecule has 0 unspecified atom stereocenters. The fourth-order valence-corrected chi connectivity index (χ4v) is 2.49. The Kier molecular flexibility index (Phi) is 6.25. The molecule has 0 aliphatic heterocycles. The second-order valence-electron chi connectivity index (χ2n) is 5.40. The molecule has 6 nitrogen and oxygen atoms in total. The van der Waals surface area contributed by atoms with Crippen LogP contribution in [0.1, 0.15) is 15.9 Å². The predicted octanol–water partition coefficient (Wildman–Crippen LogP) is 2.48. The fraction of sp³-hybridized carbons (Fsp3) is 0.222. The molecule has 25 heavy (non-hydrogen) atoms. The van der Waals surface area contributed by atoms with E-state index in [0.29, 0.717) is 28.6 Å². The number of halogens is 1. The summed E-state index contributed by atoms with van der Waals surface area (Å²) in [4.78, 5) is 25.0. The highest BCUT2D eigenvalue weighted by molar-refractivity contribution is 6.30. The van der Waals surface area contributed by atoms with Crippen LogP contribution in [0.15, 0.2) is 42.5 Å². The van der Waals surface area contributed by atoms with E-state index >= 15 is 0 Å². The minimum absolute atomic E-state index is 0.202. The second kappa shape index (κ2) is 8.39. The zero-order valence-corrected chi connectivity index (χ0v) is 14.7. The number of benzene rings is 2. The summed E-state index contributed by atoms with van der Waals surface area (Å²) in [5, 5.41) is 0.568. The average molecular weight is 363 g/mol. The lowest BCUT2D eigenvalue weighted by molar-refractivity contribution is -0.119. The zero-order chi connectivity index (χ0) is 18.4. The monoisotopic (exact) mass is 362 g/mol. The lowest BCUT2D eigenvalue weighted by Gasteiger charge is -2.19. The van der Waals surface area contributed by atoms with Gasteiger partial charge in [0.25, 0.3) is 11.8 Å². The SMILES string of the molecule is COc1ccc(Cl)cc1CN(C)C(=O)c1cccc(OCC(N)=O)c1. The molecule has 0 aromatic heterocycles. The van der Waals surface area contributed by atoms with Crippen LogP contribution >= 0.6 is 11.6 Å². The molecular weight excluding hydrogens is 344 g/mol. The summed E-state index contributed by atoms with van der Waals surface area (Å²) in [5.74, 6) is 0.273. The number of primary amides is 1. The van der Waals surface area contributed by atoms with Gasteiger partial charge in [0, 0.05) is 29.7 Å². The molecule has 0 saturated heterocycles. The molecule has 0 saturated carbocycles. The van der Waals surface area contributed by atoms with E-state index in [0.717, 1.165) is 5.56 Å². The van der Waals surface area contributed by atoms with Crippen molar-refractivity contribution < 1.29 is 19.1 Å². The van der Waals surface area contributed by atoms with Crippen LogP contribution in [0.25, 0.3) is 0 Å². The number of methoxy groups -OCH3 is 1. The molecule has 2 N–H and O–H groups in total. The van der Waals surface area contributed by atoms with Gasteiger partial charge in [-0.2, -0.15) is 0 Å². The van der Waals surface area contributed by atoms with Crippen molar-refractivity contribution in [1.82, 2.24) is 4.90 Å². The zero-order valence-electron chi connectivity index (χ0n) is 14.0. The summed E-state index contributed by atoms with van der Waals surface area (Å²) >= 11 is 6.02. The largest absolute Gasteiger partial charge is 0.496 e. The number of carbonyl (C=O) groups is 2. The number of ether oxygens (including phenoxy) is 2. The quantitative estimate of drug-likeness (QED) is 0.820. The summed E-state index contributed by atoms with van der Waals surface area (Å²) in [5.41, 5.74) is 6.28. The van der Waals surface area contributed by atoms with Gasteiger partial charge in [-0.3, -0.25) is 9.59 Å². The van der Waals surface area contributed by atoms with Crippen LogP contribution in [0.3, 0.4) is 0 Å². The van der Waals surface area contributed by atoms with Crippen LogP contribution < -0.4 is 15.2 Å². The van der Waals surface area contributed by atoms with E-state index in [-0.39, 0.29) is 12.5 Å². The normalized spacial score (nSPS) is 10.2. The average Bonchev–Trinajstić information content (AvgIpc) is 2.59. The third-order valence-electron chi connectivity index (χ3n) is 3.46. The number of amides is 2. The molecule has 2 rings (SSSR count). The van der Waals surface area contributed by atoms with Crippen LogP contribution in [0.4, 0.5) is 0 Å². The molecule has 2 aromatic carbocycles. The van der Waals surface area contributed by atoms with E-state index in [1.165, 1.54) is 0 Å². The Morgan fingerprint density at radius 2 is 1.96 bits per heavy atom. The van der Waals surface area contributed by atoms with Crippen molar-refractivity contribution in [3.8, 4) is 11.5 Å². The molecule has 0 heterocycles. The van der Waals surface area contributed by atoms with Crippen LogP contribution in [-0.4, -0.2) is 37.5 Å². The standard InChI is InChI=1S/C18H19ClN2O4/c1-21(10-13-8-14(19)6-7-16(13)24-2)18(23)12-4-3-5-15(9-12)25-11-17(20)22/h3-9H,10-11H2,1-2H3,(H2,20,22). The molecule has 0 radical (unpaired) electrons. The molecule has 7 heteroatoms. The third kappa shape index (κ3) is 5.12. The maximum atomic E-state index is 12.6. The second-order valence-corrected chi connectivity index (χ2v) is 5.84. The molecule has 2 amide bonds. The van der Waals surface area contributed by atoms with Gasteiger partial charge in [0.05, 0.1) is 7.11 Å². The van der Waals surface area contributed by atoms with Gasteiger partial charge >= 0.3 is 0 Å². The smallest absolute Gasteiger partial charge is 0.255 e. The number of nitrogens with two attached hydrogens (primary N) is 1. The first-order chi connectivity index (χ1) is 11.9. The van der Waals surface area contributed by atoms with Crippen LogP contribution in [-0.2, 0) is 11.3 Å². The van der Waals surface area contributed by atoms with Crippen molar-refractivity contribution in [3.05, 3.63) is 58.6 Å². The van der Waals surface area contributed by atoms with E-state index in [1.807, 2.05) is 0 Å². The van der Waals surface area contributed by atoms with Gasteiger partial charge in [-0.25, -0.2) is 0 Å². The number of hydrogen-bond donors (Lipinski definition) is 1. The van der Waals surface area contributed by atoms with Crippen molar-refractivity contribution in [1.29, 1.82) is 0 Å². The number of carbonyl (C=O) groups excluding carboxylic acids is 2.